The molecule has 0 atom stereocenters. The van der Waals surface area contributed by atoms with Crippen LogP contribution in [-0.4, -0.2) is 24.4 Å². The molecule has 0 aromatic heterocycles. The first-order valence-corrected chi connectivity index (χ1v) is 6.01. The Labute approximate surface area is 93.8 Å². The van der Waals surface area contributed by atoms with Gasteiger partial charge in [0.05, 0.1) is 10.5 Å². The van der Waals surface area contributed by atoms with E-state index in [2.05, 4.69) is 0 Å². The van der Waals surface area contributed by atoms with Gasteiger partial charge in [0.15, 0.2) is 4.90 Å². The van der Waals surface area contributed by atoms with E-state index in [0.717, 1.165) is 12.1 Å². The summed E-state index contributed by atoms with van der Waals surface area (Å²) >= 11 is 0. The molecule has 1 aromatic carbocycles. The third kappa shape index (κ3) is 2.47. The fourth-order valence-electron chi connectivity index (χ4n) is 0.999. The SMILES string of the molecule is O=C(O)c1ccc(S(=O)(=O)Cl)c([N+](=O)[O-])c1. The smallest absolute Gasteiger partial charge is 0.335 e. The summed E-state index contributed by atoms with van der Waals surface area (Å²) in [6, 6.07) is 2.34. The summed E-state index contributed by atoms with van der Waals surface area (Å²) in [6.07, 6.45) is 0. The number of nitro groups is 1. The molecule has 16 heavy (non-hydrogen) atoms. The maximum absolute atomic E-state index is 11.0. The van der Waals surface area contributed by atoms with E-state index in [-0.39, 0.29) is 0 Å². The Morgan fingerprint density at radius 3 is 2.38 bits per heavy atom. The lowest BCUT2D eigenvalue weighted by Gasteiger charge is -2.00. The molecule has 7 nitrogen and oxygen atoms in total. The van der Waals surface area contributed by atoms with Gasteiger partial charge in [-0.15, -0.1) is 0 Å². The molecule has 0 radical (unpaired) electrons. The number of halogens is 1. The molecule has 0 saturated carbocycles. The summed E-state index contributed by atoms with van der Waals surface area (Å²) in [5.41, 5.74) is -1.26. The predicted octanol–water partition coefficient (Wildman–Crippen LogP) is 1.22. The lowest BCUT2D eigenvalue weighted by atomic mass is 10.2. The van der Waals surface area contributed by atoms with E-state index in [1.165, 1.54) is 0 Å². The monoisotopic (exact) mass is 265 g/mol. The van der Waals surface area contributed by atoms with Crippen molar-refractivity contribution in [2.75, 3.05) is 0 Å². The molecule has 0 saturated heterocycles. The Hall–Kier alpha value is -1.67. The van der Waals surface area contributed by atoms with Gasteiger partial charge in [-0.05, 0) is 12.1 Å². The van der Waals surface area contributed by atoms with E-state index in [1.54, 1.807) is 0 Å². The topological polar surface area (TPSA) is 115 Å². The molecule has 86 valence electrons. The molecule has 0 aliphatic carbocycles. The number of rotatable bonds is 3. The summed E-state index contributed by atoms with van der Waals surface area (Å²) in [5.74, 6) is -1.40. The van der Waals surface area contributed by atoms with Crippen LogP contribution >= 0.6 is 10.7 Å². The first-order chi connectivity index (χ1) is 7.23. The average Bonchev–Trinajstić information content (AvgIpc) is 2.15. The van der Waals surface area contributed by atoms with Crippen molar-refractivity contribution in [1.82, 2.24) is 0 Å². The number of carboxylic acid groups (broad SMARTS) is 1. The minimum Gasteiger partial charge on any atom is -0.478 e. The second-order valence-electron chi connectivity index (χ2n) is 2.68. The Morgan fingerprint density at radius 2 is 2.00 bits per heavy atom. The van der Waals surface area contributed by atoms with Gasteiger partial charge < -0.3 is 5.11 Å². The highest BCUT2D eigenvalue weighted by molar-refractivity contribution is 8.13. The van der Waals surface area contributed by atoms with Crippen LogP contribution in [0.4, 0.5) is 5.69 Å². The standard InChI is InChI=1S/C7H4ClNO6S/c8-16(14,15)6-2-1-4(7(10)11)3-5(6)9(12)13/h1-3H,(H,10,11). The third-order valence-corrected chi connectivity index (χ3v) is 3.03. The van der Waals surface area contributed by atoms with Crippen molar-refractivity contribution in [3.8, 4) is 0 Å². The van der Waals surface area contributed by atoms with Gasteiger partial charge in [0, 0.05) is 16.7 Å². The van der Waals surface area contributed by atoms with Crippen LogP contribution in [0.15, 0.2) is 23.1 Å². The molecule has 1 aromatic rings. The van der Waals surface area contributed by atoms with Gasteiger partial charge >= 0.3 is 5.97 Å². The van der Waals surface area contributed by atoms with Gasteiger partial charge in [0.1, 0.15) is 0 Å². The normalized spacial score (nSPS) is 11.1. The second kappa shape index (κ2) is 4.06. The van der Waals surface area contributed by atoms with Crippen LogP contribution in [0, 0.1) is 10.1 Å². The third-order valence-electron chi connectivity index (χ3n) is 1.67. The minimum atomic E-state index is -4.28. The van der Waals surface area contributed by atoms with E-state index in [1.807, 2.05) is 0 Å². The molecule has 0 bridgehead atoms. The van der Waals surface area contributed by atoms with Gasteiger partial charge in [-0.1, -0.05) is 0 Å². The van der Waals surface area contributed by atoms with Gasteiger partial charge in [-0.2, -0.15) is 0 Å². The number of nitrogens with zero attached hydrogens (tertiary/aromatic N) is 1. The highest BCUT2D eigenvalue weighted by Crippen LogP contribution is 2.27. The predicted molar refractivity (Wildman–Crippen MR) is 53.1 cm³/mol. The number of aromatic carboxylic acids is 1. The lowest BCUT2D eigenvalue weighted by molar-refractivity contribution is -0.387. The number of benzene rings is 1. The zero-order chi connectivity index (χ0) is 12.5. The Bertz CT molecular complexity index is 566. The molecule has 0 spiro atoms. The maximum Gasteiger partial charge on any atom is 0.335 e. The van der Waals surface area contributed by atoms with E-state index in [4.69, 9.17) is 15.8 Å². The highest BCUT2D eigenvalue weighted by Gasteiger charge is 2.25. The number of hydrogen-bond donors (Lipinski definition) is 1. The Kier molecular flexibility index (Phi) is 3.15. The van der Waals surface area contributed by atoms with Crippen LogP contribution in [0.25, 0.3) is 0 Å². The van der Waals surface area contributed by atoms with E-state index >= 15 is 0 Å². The summed E-state index contributed by atoms with van der Waals surface area (Å²) in [7, 11) is 0.677. The molecule has 0 unspecified atom stereocenters. The number of hydrogen-bond acceptors (Lipinski definition) is 5. The molecule has 9 heteroatoms. The molecular weight excluding hydrogens is 262 g/mol. The first-order valence-electron chi connectivity index (χ1n) is 3.70. The zero-order valence-corrected chi connectivity index (χ0v) is 9.03. The highest BCUT2D eigenvalue weighted by atomic mass is 35.7. The van der Waals surface area contributed by atoms with Crippen LogP contribution in [0.1, 0.15) is 10.4 Å². The molecule has 0 amide bonds. The molecule has 1 N–H and O–H groups in total. The molecular formula is C7H4ClNO6S. The van der Waals surface area contributed by atoms with E-state index < -0.39 is 36.1 Å². The van der Waals surface area contributed by atoms with Crippen LogP contribution < -0.4 is 0 Å². The lowest BCUT2D eigenvalue weighted by Crippen LogP contribution is -2.03. The van der Waals surface area contributed by atoms with Gasteiger partial charge in [-0.3, -0.25) is 10.1 Å². The van der Waals surface area contributed by atoms with Crippen molar-refractivity contribution in [1.29, 1.82) is 0 Å². The van der Waals surface area contributed by atoms with Crippen molar-refractivity contribution < 1.29 is 23.2 Å². The van der Waals surface area contributed by atoms with Gasteiger partial charge in [0.25, 0.3) is 14.7 Å². The summed E-state index contributed by atoms with van der Waals surface area (Å²) in [6.45, 7) is 0. The summed E-state index contributed by atoms with van der Waals surface area (Å²) < 4.78 is 21.9. The molecule has 0 heterocycles. The zero-order valence-electron chi connectivity index (χ0n) is 7.45. The molecule has 0 fully saturated rings. The van der Waals surface area contributed by atoms with Gasteiger partial charge in [0.2, 0.25) is 0 Å². The van der Waals surface area contributed by atoms with E-state index in [9.17, 15) is 23.3 Å². The number of nitro benzene ring substituents is 1. The summed E-state index contributed by atoms with van der Waals surface area (Å²) in [5, 5.41) is 19.1. The Balaban J connectivity index is 3.55. The average molecular weight is 266 g/mol. The minimum absolute atomic E-state index is 0.393. The fourth-order valence-corrected chi connectivity index (χ4v) is 2.00. The molecule has 0 aliphatic rings. The van der Waals surface area contributed by atoms with Crippen LogP contribution in [0.2, 0.25) is 0 Å². The quantitative estimate of drug-likeness (QED) is 0.499. The van der Waals surface area contributed by atoms with Crippen molar-refractivity contribution in [3.63, 3.8) is 0 Å². The van der Waals surface area contributed by atoms with Crippen molar-refractivity contribution >= 4 is 31.4 Å². The summed E-state index contributed by atoms with van der Waals surface area (Å²) in [4.78, 5) is 19.3. The maximum atomic E-state index is 11.0. The van der Waals surface area contributed by atoms with Crippen molar-refractivity contribution in [2.24, 2.45) is 0 Å². The van der Waals surface area contributed by atoms with Gasteiger partial charge in [-0.25, -0.2) is 13.2 Å². The van der Waals surface area contributed by atoms with E-state index in [0.29, 0.717) is 6.07 Å². The van der Waals surface area contributed by atoms with Crippen LogP contribution in [0.3, 0.4) is 0 Å². The first kappa shape index (κ1) is 12.4. The fraction of sp³-hybridized carbons (Fsp3) is 0. The molecule has 1 rings (SSSR count). The largest absolute Gasteiger partial charge is 0.478 e. The molecule has 0 aliphatic heterocycles. The van der Waals surface area contributed by atoms with Crippen molar-refractivity contribution in [2.45, 2.75) is 4.90 Å². The number of carbonyl (C=O) groups is 1. The second-order valence-corrected chi connectivity index (χ2v) is 5.22. The van der Waals surface area contributed by atoms with Crippen LogP contribution in [0.5, 0.6) is 0 Å². The number of carboxylic acids is 1. The Morgan fingerprint density at radius 1 is 1.44 bits per heavy atom. The van der Waals surface area contributed by atoms with Crippen molar-refractivity contribution in [3.05, 3.63) is 33.9 Å². The van der Waals surface area contributed by atoms with Crippen LogP contribution in [-0.2, 0) is 9.05 Å².